The number of nitrogens with zero attached hydrogens (tertiary/aromatic N) is 2. The van der Waals surface area contributed by atoms with E-state index < -0.39 is 11.9 Å². The first kappa shape index (κ1) is 26.0. The lowest BCUT2D eigenvalue weighted by Crippen LogP contribution is -2.13. The first-order chi connectivity index (χ1) is 17.5. The van der Waals surface area contributed by atoms with Crippen LogP contribution in [0.5, 0.6) is 0 Å². The molecule has 0 unspecified atom stereocenters. The number of ether oxygens (including phenoxy) is 2. The number of benzene rings is 2. The van der Waals surface area contributed by atoms with Gasteiger partial charge in [0.2, 0.25) is 0 Å². The normalized spacial score (nSPS) is 10.8. The van der Waals surface area contributed by atoms with Gasteiger partial charge in [-0.05, 0) is 31.8 Å². The van der Waals surface area contributed by atoms with Gasteiger partial charge in [-0.15, -0.1) is 0 Å². The standard InChI is InChI=1S/C24H20N2O6S4/c27-19(31-13-11-15-1-5-17(6-2-15)21-25-23(29)35-33-21)9-10-20(28)32-14-12-16-3-7-18(8-4-16)22-26-24(30)36-34-22/h1-8H,9-14H2. The number of carbonyl (C=O) groups excluding carboxylic acids is 2. The molecule has 0 saturated carbocycles. The molecule has 12 heteroatoms. The monoisotopic (exact) mass is 560 g/mol. The molecule has 8 nitrogen and oxygen atoms in total. The predicted molar refractivity (Wildman–Crippen MR) is 142 cm³/mol. The van der Waals surface area contributed by atoms with Crippen molar-refractivity contribution >= 4 is 53.3 Å². The summed E-state index contributed by atoms with van der Waals surface area (Å²) in [6, 6.07) is 15.2. The van der Waals surface area contributed by atoms with E-state index in [9.17, 15) is 19.2 Å². The van der Waals surface area contributed by atoms with Crippen molar-refractivity contribution in [1.29, 1.82) is 0 Å². The highest BCUT2D eigenvalue weighted by Crippen LogP contribution is 2.24. The molecular formula is C24H20N2O6S4. The van der Waals surface area contributed by atoms with E-state index >= 15 is 0 Å². The van der Waals surface area contributed by atoms with E-state index in [0.717, 1.165) is 42.9 Å². The van der Waals surface area contributed by atoms with E-state index in [-0.39, 0.29) is 35.8 Å². The highest BCUT2D eigenvalue weighted by atomic mass is 32.9. The van der Waals surface area contributed by atoms with Crippen molar-refractivity contribution in [2.24, 2.45) is 0 Å². The maximum atomic E-state index is 11.9. The number of hydrogen-bond donors (Lipinski definition) is 0. The fourth-order valence-electron chi connectivity index (χ4n) is 3.16. The molecule has 4 aromatic rings. The Morgan fingerprint density at radius 2 is 1.00 bits per heavy atom. The molecule has 0 fully saturated rings. The number of esters is 2. The van der Waals surface area contributed by atoms with Crippen LogP contribution in [0.3, 0.4) is 0 Å². The van der Waals surface area contributed by atoms with Gasteiger partial charge in [0.25, 0.3) is 0 Å². The van der Waals surface area contributed by atoms with Gasteiger partial charge in [0, 0.05) is 24.0 Å². The highest BCUT2D eigenvalue weighted by Gasteiger charge is 2.10. The maximum absolute atomic E-state index is 11.9. The molecule has 0 bridgehead atoms. The van der Waals surface area contributed by atoms with Crippen LogP contribution in [-0.4, -0.2) is 35.1 Å². The zero-order chi connectivity index (χ0) is 25.3. The van der Waals surface area contributed by atoms with Crippen molar-refractivity contribution in [3.63, 3.8) is 0 Å². The molecule has 0 spiro atoms. The van der Waals surface area contributed by atoms with Gasteiger partial charge in [-0.3, -0.25) is 19.2 Å². The van der Waals surface area contributed by atoms with Gasteiger partial charge in [0.15, 0.2) is 0 Å². The summed E-state index contributed by atoms with van der Waals surface area (Å²) in [6.45, 7) is 0.427. The van der Waals surface area contributed by atoms with Crippen LogP contribution < -0.4 is 9.75 Å². The first-order valence-electron chi connectivity index (χ1n) is 10.9. The molecule has 2 aromatic carbocycles. The van der Waals surface area contributed by atoms with Gasteiger partial charge in [0.05, 0.1) is 26.1 Å². The van der Waals surface area contributed by atoms with E-state index in [4.69, 9.17) is 9.47 Å². The van der Waals surface area contributed by atoms with Gasteiger partial charge in [-0.2, -0.15) is 9.97 Å². The lowest BCUT2D eigenvalue weighted by molar-refractivity contribution is -0.150. The van der Waals surface area contributed by atoms with Gasteiger partial charge in [0.1, 0.15) is 10.0 Å². The van der Waals surface area contributed by atoms with Crippen molar-refractivity contribution in [3.05, 3.63) is 79.0 Å². The Bertz CT molecular complexity index is 1310. The number of rotatable bonds is 11. The fraction of sp³-hybridized carbons (Fsp3) is 0.250. The van der Waals surface area contributed by atoms with Crippen molar-refractivity contribution in [2.75, 3.05) is 13.2 Å². The first-order valence-corrected chi connectivity index (χ1v) is 15.2. The van der Waals surface area contributed by atoms with Crippen LogP contribution in [0.15, 0.2) is 58.1 Å². The predicted octanol–water partition coefficient (Wildman–Crippen LogP) is 4.43. The third kappa shape index (κ3) is 7.72. The third-order valence-corrected chi connectivity index (χ3v) is 8.92. The molecule has 36 heavy (non-hydrogen) atoms. The Kier molecular flexibility index (Phi) is 9.23. The van der Waals surface area contributed by atoms with E-state index in [1.54, 1.807) is 0 Å². The molecule has 0 N–H and O–H groups in total. The second kappa shape index (κ2) is 12.8. The minimum absolute atomic E-state index is 0.0360. The Morgan fingerprint density at radius 1 is 0.611 bits per heavy atom. The molecule has 2 aromatic heterocycles. The van der Waals surface area contributed by atoms with Gasteiger partial charge in [-0.1, -0.05) is 69.2 Å². The summed E-state index contributed by atoms with van der Waals surface area (Å²) in [7, 11) is 4.90. The molecule has 0 aliphatic carbocycles. The molecule has 0 radical (unpaired) electrons. The van der Waals surface area contributed by atoms with Crippen LogP contribution in [0.1, 0.15) is 24.0 Å². The summed E-state index contributed by atoms with van der Waals surface area (Å²) < 4.78 is 10.4. The molecule has 0 aliphatic rings. The summed E-state index contributed by atoms with van der Waals surface area (Å²) >= 11 is 0. The molecule has 2 heterocycles. The quantitative estimate of drug-likeness (QED) is 0.196. The summed E-state index contributed by atoms with van der Waals surface area (Å²) in [4.78, 5) is 53.8. The molecule has 186 valence electrons. The summed E-state index contributed by atoms with van der Waals surface area (Å²) in [5.74, 6) is -0.897. The highest BCUT2D eigenvalue weighted by molar-refractivity contribution is 7.69. The largest absolute Gasteiger partial charge is 0.465 e. The van der Waals surface area contributed by atoms with Crippen molar-refractivity contribution in [3.8, 4) is 21.1 Å². The zero-order valence-electron chi connectivity index (χ0n) is 18.8. The average Bonchev–Trinajstić information content (AvgIpc) is 3.52. The number of hydrogen-bond acceptors (Lipinski definition) is 12. The van der Waals surface area contributed by atoms with Crippen LogP contribution in [0, 0.1) is 0 Å². The minimum atomic E-state index is -0.448. The van der Waals surface area contributed by atoms with Crippen LogP contribution in [0.4, 0.5) is 0 Å². The molecular weight excluding hydrogens is 541 g/mol. The van der Waals surface area contributed by atoms with E-state index in [0.29, 0.717) is 22.9 Å². The lowest BCUT2D eigenvalue weighted by Gasteiger charge is -2.07. The van der Waals surface area contributed by atoms with Gasteiger partial charge >= 0.3 is 21.7 Å². The van der Waals surface area contributed by atoms with Crippen LogP contribution in [0.25, 0.3) is 21.1 Å². The summed E-state index contributed by atoms with van der Waals surface area (Å²) in [5.41, 5.74) is 3.74. The third-order valence-electron chi connectivity index (χ3n) is 5.01. The van der Waals surface area contributed by atoms with Gasteiger partial charge < -0.3 is 9.47 Å². The SMILES string of the molecule is O=C(CCC(=O)OCCc1ccc(-c2nc(=O)ss2)cc1)OCCc1ccc(-c2nc(=O)ss2)cc1. The van der Waals surface area contributed by atoms with Crippen molar-refractivity contribution in [2.45, 2.75) is 25.7 Å². The minimum Gasteiger partial charge on any atom is -0.465 e. The average molecular weight is 561 g/mol. The summed E-state index contributed by atoms with van der Waals surface area (Å²) in [5, 5.41) is 1.39. The number of carbonyl (C=O) groups is 2. The lowest BCUT2D eigenvalue weighted by atomic mass is 10.1. The Morgan fingerprint density at radius 3 is 1.33 bits per heavy atom. The smallest absolute Gasteiger partial charge is 0.337 e. The van der Waals surface area contributed by atoms with Crippen LogP contribution in [0.2, 0.25) is 0 Å². The van der Waals surface area contributed by atoms with Crippen LogP contribution in [-0.2, 0) is 31.9 Å². The van der Waals surface area contributed by atoms with E-state index in [1.165, 1.54) is 20.7 Å². The van der Waals surface area contributed by atoms with Gasteiger partial charge in [-0.25, -0.2) is 0 Å². The Labute approximate surface area is 220 Å². The Balaban J connectivity index is 1.10. The molecule has 0 amide bonds. The zero-order valence-corrected chi connectivity index (χ0v) is 22.1. The molecule has 0 aliphatic heterocycles. The fourth-order valence-corrected chi connectivity index (χ4v) is 6.46. The molecule has 0 atom stereocenters. The second-order valence-corrected chi connectivity index (χ2v) is 11.7. The van der Waals surface area contributed by atoms with E-state index in [2.05, 4.69) is 9.97 Å². The second-order valence-electron chi connectivity index (χ2n) is 7.53. The van der Waals surface area contributed by atoms with Crippen LogP contribution >= 0.6 is 41.4 Å². The number of aromatic nitrogens is 2. The van der Waals surface area contributed by atoms with Crippen molar-refractivity contribution < 1.29 is 19.1 Å². The summed E-state index contributed by atoms with van der Waals surface area (Å²) in [6.07, 6.45) is 1.02. The van der Waals surface area contributed by atoms with E-state index in [1.807, 2.05) is 48.5 Å². The Hall–Kier alpha value is -3.06. The van der Waals surface area contributed by atoms with Crippen molar-refractivity contribution in [1.82, 2.24) is 9.97 Å². The molecule has 4 rings (SSSR count). The topological polar surface area (TPSA) is 113 Å². The maximum Gasteiger partial charge on any atom is 0.337 e. The molecule has 0 saturated heterocycles.